The number of primary amides is 1. The lowest BCUT2D eigenvalue weighted by Crippen LogP contribution is -2.19. The molecule has 0 aliphatic rings. The van der Waals surface area contributed by atoms with Crippen molar-refractivity contribution in [2.45, 2.75) is 26.2 Å². The second kappa shape index (κ2) is 4.54. The van der Waals surface area contributed by atoms with Crippen LogP contribution in [0.4, 0.5) is 10.7 Å². The second-order valence-electron chi connectivity index (χ2n) is 2.87. The maximum Gasteiger partial charge on any atom is 0.318 e. The van der Waals surface area contributed by atoms with E-state index in [0.717, 1.165) is 24.8 Å². The summed E-state index contributed by atoms with van der Waals surface area (Å²) in [5, 5.41) is 2.43. The van der Waals surface area contributed by atoms with Crippen molar-refractivity contribution in [2.24, 2.45) is 5.73 Å². The Morgan fingerprint density at radius 2 is 2.46 bits per heavy atom. The van der Waals surface area contributed by atoms with Crippen LogP contribution in [-0.2, 0) is 6.42 Å². The molecule has 0 aliphatic carbocycles. The highest BCUT2D eigenvalue weighted by atomic mass is 16.3. The Bertz CT molecular complexity index is 281. The highest BCUT2D eigenvalue weighted by Crippen LogP contribution is 2.18. The Hall–Kier alpha value is -1.45. The van der Waals surface area contributed by atoms with E-state index >= 15 is 0 Å². The first-order valence-electron chi connectivity index (χ1n) is 4.37. The molecule has 1 rings (SSSR count). The van der Waals surface area contributed by atoms with Crippen molar-refractivity contribution in [1.29, 1.82) is 0 Å². The fourth-order valence-electron chi connectivity index (χ4n) is 1.12. The number of unbranched alkanes of at least 4 members (excludes halogenated alkanes) is 1. The summed E-state index contributed by atoms with van der Waals surface area (Å²) in [5.74, 6) is 0.473. The van der Waals surface area contributed by atoms with Gasteiger partial charge in [0.25, 0.3) is 0 Å². The van der Waals surface area contributed by atoms with Crippen LogP contribution in [0.3, 0.4) is 0 Å². The fourth-order valence-corrected chi connectivity index (χ4v) is 1.12. The number of nitrogens with one attached hydrogen (secondary N) is 1. The van der Waals surface area contributed by atoms with Gasteiger partial charge in [-0.1, -0.05) is 13.3 Å². The van der Waals surface area contributed by atoms with Gasteiger partial charge in [-0.3, -0.25) is 5.32 Å². The monoisotopic (exact) mass is 182 g/mol. The predicted octanol–water partition coefficient (Wildman–Crippen LogP) is 2.11. The molecule has 3 N–H and O–H groups in total. The van der Waals surface area contributed by atoms with Crippen LogP contribution in [0.25, 0.3) is 0 Å². The zero-order chi connectivity index (χ0) is 9.68. The third-order valence-corrected chi connectivity index (χ3v) is 1.78. The quantitative estimate of drug-likeness (QED) is 0.748. The molecule has 0 aliphatic heterocycles. The van der Waals surface area contributed by atoms with Crippen molar-refractivity contribution >= 4 is 11.9 Å². The van der Waals surface area contributed by atoms with E-state index in [-0.39, 0.29) is 0 Å². The van der Waals surface area contributed by atoms with Crippen molar-refractivity contribution in [3.05, 3.63) is 17.9 Å². The number of urea groups is 1. The minimum atomic E-state index is -0.590. The third kappa shape index (κ3) is 2.82. The zero-order valence-electron chi connectivity index (χ0n) is 7.67. The number of aryl methyl sites for hydroxylation is 1. The van der Waals surface area contributed by atoms with E-state index in [2.05, 4.69) is 12.2 Å². The summed E-state index contributed by atoms with van der Waals surface area (Å²) in [6.45, 7) is 2.11. The molecule has 1 aromatic heterocycles. The molecule has 0 saturated carbocycles. The van der Waals surface area contributed by atoms with Crippen LogP contribution in [0.15, 0.2) is 16.7 Å². The summed E-state index contributed by atoms with van der Waals surface area (Å²) < 4.78 is 5.06. The lowest BCUT2D eigenvalue weighted by Gasteiger charge is -2.00. The average molecular weight is 182 g/mol. The molecule has 1 heterocycles. The molecule has 4 nitrogen and oxygen atoms in total. The highest BCUT2D eigenvalue weighted by molar-refractivity contribution is 5.86. The van der Waals surface area contributed by atoms with Gasteiger partial charge in [0.2, 0.25) is 5.88 Å². The molecule has 2 amide bonds. The molecule has 4 heteroatoms. The number of carbonyl (C=O) groups excluding carboxylic acids is 1. The average Bonchev–Trinajstić information content (AvgIpc) is 2.48. The molecule has 1 aromatic rings. The lowest BCUT2D eigenvalue weighted by atomic mass is 10.1. The number of carbonyl (C=O) groups is 1. The SMILES string of the molecule is CCCCc1ccoc1NC(N)=O. The third-order valence-electron chi connectivity index (χ3n) is 1.78. The first-order valence-corrected chi connectivity index (χ1v) is 4.37. The van der Waals surface area contributed by atoms with Crippen LogP contribution in [-0.4, -0.2) is 6.03 Å². The summed E-state index contributed by atoms with van der Waals surface area (Å²) in [4.78, 5) is 10.5. The molecule has 0 unspecified atom stereocenters. The van der Waals surface area contributed by atoms with Crippen LogP contribution in [0.5, 0.6) is 0 Å². The van der Waals surface area contributed by atoms with Crippen molar-refractivity contribution in [2.75, 3.05) is 5.32 Å². The maximum atomic E-state index is 10.5. The summed E-state index contributed by atoms with van der Waals surface area (Å²) in [6.07, 6.45) is 4.65. The molecular formula is C9H14N2O2. The molecule has 0 fully saturated rings. The first kappa shape index (κ1) is 9.64. The normalized spacial score (nSPS) is 9.92. The minimum absolute atomic E-state index is 0.473. The number of hydrogen-bond donors (Lipinski definition) is 2. The minimum Gasteiger partial charge on any atom is -0.448 e. The summed E-state index contributed by atoms with van der Waals surface area (Å²) in [6, 6.07) is 1.26. The predicted molar refractivity (Wildman–Crippen MR) is 50.5 cm³/mol. The van der Waals surface area contributed by atoms with Crippen molar-refractivity contribution < 1.29 is 9.21 Å². The van der Waals surface area contributed by atoms with Crippen molar-refractivity contribution in [3.8, 4) is 0 Å². The molecule has 72 valence electrons. The Kier molecular flexibility index (Phi) is 3.37. The number of amides is 2. The van der Waals surface area contributed by atoms with Gasteiger partial charge in [0.1, 0.15) is 0 Å². The van der Waals surface area contributed by atoms with Crippen LogP contribution < -0.4 is 11.1 Å². The van der Waals surface area contributed by atoms with E-state index in [4.69, 9.17) is 10.2 Å². The van der Waals surface area contributed by atoms with E-state index < -0.39 is 6.03 Å². The summed E-state index contributed by atoms with van der Waals surface area (Å²) in [5.41, 5.74) is 5.97. The van der Waals surface area contributed by atoms with E-state index in [0.29, 0.717) is 5.88 Å². The van der Waals surface area contributed by atoms with Crippen LogP contribution in [0, 0.1) is 0 Å². The van der Waals surface area contributed by atoms with E-state index in [1.165, 1.54) is 0 Å². The molecule has 0 saturated heterocycles. The number of hydrogen-bond acceptors (Lipinski definition) is 2. The Morgan fingerprint density at radius 1 is 1.69 bits per heavy atom. The number of nitrogens with two attached hydrogens (primary N) is 1. The Balaban J connectivity index is 2.60. The highest BCUT2D eigenvalue weighted by Gasteiger charge is 2.06. The number of anilines is 1. The van der Waals surface area contributed by atoms with Gasteiger partial charge in [-0.15, -0.1) is 0 Å². The van der Waals surface area contributed by atoms with E-state index in [1.54, 1.807) is 6.26 Å². The van der Waals surface area contributed by atoms with Gasteiger partial charge in [0.05, 0.1) is 6.26 Å². The van der Waals surface area contributed by atoms with Gasteiger partial charge < -0.3 is 10.2 Å². The molecule has 0 aromatic carbocycles. The van der Waals surface area contributed by atoms with Gasteiger partial charge in [0.15, 0.2) is 0 Å². The second-order valence-corrected chi connectivity index (χ2v) is 2.87. The molecular weight excluding hydrogens is 168 g/mol. The Labute approximate surface area is 77.1 Å². The van der Waals surface area contributed by atoms with Gasteiger partial charge in [0, 0.05) is 5.56 Å². The fraction of sp³-hybridized carbons (Fsp3) is 0.444. The van der Waals surface area contributed by atoms with E-state index in [9.17, 15) is 4.79 Å². The van der Waals surface area contributed by atoms with Crippen LogP contribution >= 0.6 is 0 Å². The van der Waals surface area contributed by atoms with Crippen LogP contribution in [0.2, 0.25) is 0 Å². The van der Waals surface area contributed by atoms with Gasteiger partial charge in [-0.05, 0) is 18.9 Å². The molecule has 0 spiro atoms. The van der Waals surface area contributed by atoms with Gasteiger partial charge >= 0.3 is 6.03 Å². The largest absolute Gasteiger partial charge is 0.448 e. The summed E-state index contributed by atoms with van der Waals surface area (Å²) >= 11 is 0. The molecule has 0 bridgehead atoms. The molecule has 0 atom stereocenters. The molecule has 13 heavy (non-hydrogen) atoms. The maximum absolute atomic E-state index is 10.5. The smallest absolute Gasteiger partial charge is 0.318 e. The van der Waals surface area contributed by atoms with Crippen LogP contribution in [0.1, 0.15) is 25.3 Å². The van der Waals surface area contributed by atoms with E-state index in [1.807, 2.05) is 6.07 Å². The molecule has 0 radical (unpaired) electrons. The van der Waals surface area contributed by atoms with Gasteiger partial charge in [-0.25, -0.2) is 4.79 Å². The van der Waals surface area contributed by atoms with Crippen molar-refractivity contribution in [1.82, 2.24) is 0 Å². The lowest BCUT2D eigenvalue weighted by molar-refractivity contribution is 0.259. The van der Waals surface area contributed by atoms with Crippen molar-refractivity contribution in [3.63, 3.8) is 0 Å². The zero-order valence-corrected chi connectivity index (χ0v) is 7.67. The van der Waals surface area contributed by atoms with Gasteiger partial charge in [-0.2, -0.15) is 0 Å². The Morgan fingerprint density at radius 3 is 3.08 bits per heavy atom. The number of rotatable bonds is 4. The summed E-state index contributed by atoms with van der Waals surface area (Å²) in [7, 11) is 0. The standard InChI is InChI=1S/C9H14N2O2/c1-2-3-4-7-5-6-13-8(7)11-9(10)12/h5-6H,2-4H2,1H3,(H3,10,11,12). The first-order chi connectivity index (χ1) is 6.24. The number of furan rings is 1. The topological polar surface area (TPSA) is 68.3 Å².